The van der Waals surface area contributed by atoms with Crippen molar-refractivity contribution in [3.8, 4) is 0 Å². The molecule has 0 radical (unpaired) electrons. The number of rotatable bonds is 6. The second-order valence-corrected chi connectivity index (χ2v) is 4.82. The third-order valence-corrected chi connectivity index (χ3v) is 3.11. The molecule has 0 aliphatic heterocycles. The minimum Gasteiger partial charge on any atom is -0.310 e. The standard InChI is InChI=1S/C16H21N3/c1-3-8-18-16(14-5-4-9-17-12-14)10-15-7-6-13(2)11-19-15/h4-7,9,11-12,16,18H,3,8,10H2,1-2H3. The van der Waals surface area contributed by atoms with E-state index in [1.807, 2.05) is 24.7 Å². The number of aromatic nitrogens is 2. The zero-order valence-electron chi connectivity index (χ0n) is 11.6. The number of nitrogens with one attached hydrogen (secondary N) is 1. The van der Waals surface area contributed by atoms with Gasteiger partial charge in [0.2, 0.25) is 0 Å². The smallest absolute Gasteiger partial charge is 0.0422 e. The van der Waals surface area contributed by atoms with Gasteiger partial charge in [0.25, 0.3) is 0 Å². The monoisotopic (exact) mass is 255 g/mol. The minimum absolute atomic E-state index is 0.281. The van der Waals surface area contributed by atoms with E-state index in [4.69, 9.17) is 0 Å². The summed E-state index contributed by atoms with van der Waals surface area (Å²) in [4.78, 5) is 8.70. The lowest BCUT2D eigenvalue weighted by Gasteiger charge is -2.18. The molecule has 0 bridgehead atoms. The quantitative estimate of drug-likeness (QED) is 0.862. The van der Waals surface area contributed by atoms with Gasteiger partial charge in [-0.05, 0) is 43.1 Å². The molecule has 0 aromatic carbocycles. The lowest BCUT2D eigenvalue weighted by atomic mass is 10.0. The van der Waals surface area contributed by atoms with Crippen LogP contribution in [-0.4, -0.2) is 16.5 Å². The van der Waals surface area contributed by atoms with Crippen molar-refractivity contribution in [3.63, 3.8) is 0 Å². The number of nitrogens with zero attached hydrogens (tertiary/aromatic N) is 2. The zero-order chi connectivity index (χ0) is 13.5. The summed E-state index contributed by atoms with van der Waals surface area (Å²) in [5.41, 5.74) is 3.53. The second kappa shape index (κ2) is 7.00. The molecule has 3 heteroatoms. The second-order valence-electron chi connectivity index (χ2n) is 4.82. The molecule has 1 N–H and O–H groups in total. The van der Waals surface area contributed by atoms with E-state index in [0.29, 0.717) is 0 Å². The summed E-state index contributed by atoms with van der Waals surface area (Å²) >= 11 is 0. The average Bonchev–Trinajstić information content (AvgIpc) is 2.46. The van der Waals surface area contributed by atoms with Gasteiger partial charge in [0.05, 0.1) is 0 Å². The molecule has 2 aromatic heterocycles. The molecule has 3 nitrogen and oxygen atoms in total. The van der Waals surface area contributed by atoms with Gasteiger partial charge in [-0.3, -0.25) is 9.97 Å². The Balaban J connectivity index is 2.11. The van der Waals surface area contributed by atoms with Gasteiger partial charge in [-0.1, -0.05) is 19.1 Å². The van der Waals surface area contributed by atoms with Crippen molar-refractivity contribution in [3.05, 3.63) is 59.7 Å². The first kappa shape index (κ1) is 13.7. The van der Waals surface area contributed by atoms with Gasteiger partial charge >= 0.3 is 0 Å². The summed E-state index contributed by atoms with van der Waals surface area (Å²) in [6.45, 7) is 5.24. The fourth-order valence-electron chi connectivity index (χ4n) is 2.04. The maximum atomic E-state index is 4.49. The van der Waals surface area contributed by atoms with Gasteiger partial charge in [0.1, 0.15) is 0 Å². The van der Waals surface area contributed by atoms with E-state index < -0.39 is 0 Å². The van der Waals surface area contributed by atoms with Crippen LogP contribution in [0.2, 0.25) is 0 Å². The molecule has 100 valence electrons. The fraction of sp³-hybridized carbons (Fsp3) is 0.375. The minimum atomic E-state index is 0.281. The van der Waals surface area contributed by atoms with Crippen LogP contribution in [0, 0.1) is 6.92 Å². The molecule has 2 rings (SSSR count). The highest BCUT2D eigenvalue weighted by atomic mass is 14.9. The summed E-state index contributed by atoms with van der Waals surface area (Å²) in [7, 11) is 0. The summed E-state index contributed by atoms with van der Waals surface area (Å²) in [6.07, 6.45) is 7.69. The van der Waals surface area contributed by atoms with Gasteiger partial charge in [-0.25, -0.2) is 0 Å². The predicted molar refractivity (Wildman–Crippen MR) is 77.9 cm³/mol. The fourth-order valence-corrected chi connectivity index (χ4v) is 2.04. The largest absolute Gasteiger partial charge is 0.310 e. The van der Waals surface area contributed by atoms with Crippen LogP contribution in [0.15, 0.2) is 42.9 Å². The van der Waals surface area contributed by atoms with E-state index in [9.17, 15) is 0 Å². The molecule has 0 amide bonds. The lowest BCUT2D eigenvalue weighted by molar-refractivity contribution is 0.523. The van der Waals surface area contributed by atoms with Crippen molar-refractivity contribution >= 4 is 0 Å². The van der Waals surface area contributed by atoms with Crippen molar-refractivity contribution < 1.29 is 0 Å². The van der Waals surface area contributed by atoms with Crippen LogP contribution in [0.3, 0.4) is 0 Å². The first-order valence-electron chi connectivity index (χ1n) is 6.84. The predicted octanol–water partition coefficient (Wildman–Crippen LogP) is 3.07. The molecular formula is C16H21N3. The van der Waals surface area contributed by atoms with Crippen molar-refractivity contribution in [1.82, 2.24) is 15.3 Å². The van der Waals surface area contributed by atoms with Crippen molar-refractivity contribution in [2.75, 3.05) is 6.54 Å². The Labute approximate surface area is 115 Å². The Morgan fingerprint density at radius 3 is 2.74 bits per heavy atom. The van der Waals surface area contributed by atoms with Gasteiger partial charge in [-0.2, -0.15) is 0 Å². The maximum Gasteiger partial charge on any atom is 0.0422 e. The van der Waals surface area contributed by atoms with E-state index >= 15 is 0 Å². The molecule has 2 aromatic rings. The van der Waals surface area contributed by atoms with Crippen LogP contribution in [-0.2, 0) is 6.42 Å². The Hall–Kier alpha value is -1.74. The molecule has 0 aliphatic rings. The Kier molecular flexibility index (Phi) is 5.04. The topological polar surface area (TPSA) is 37.8 Å². The Morgan fingerprint density at radius 1 is 1.21 bits per heavy atom. The van der Waals surface area contributed by atoms with E-state index in [-0.39, 0.29) is 6.04 Å². The highest BCUT2D eigenvalue weighted by Crippen LogP contribution is 2.16. The summed E-state index contributed by atoms with van der Waals surface area (Å²) in [5, 5.41) is 3.57. The van der Waals surface area contributed by atoms with E-state index in [1.165, 1.54) is 11.1 Å². The number of aryl methyl sites for hydroxylation is 1. The molecular weight excluding hydrogens is 234 g/mol. The maximum absolute atomic E-state index is 4.49. The first-order valence-corrected chi connectivity index (χ1v) is 6.84. The van der Waals surface area contributed by atoms with Gasteiger partial charge in [0, 0.05) is 36.7 Å². The van der Waals surface area contributed by atoms with Crippen molar-refractivity contribution in [2.24, 2.45) is 0 Å². The lowest BCUT2D eigenvalue weighted by Crippen LogP contribution is -2.24. The molecule has 19 heavy (non-hydrogen) atoms. The molecule has 2 heterocycles. The first-order chi connectivity index (χ1) is 9.29. The van der Waals surface area contributed by atoms with E-state index in [1.54, 1.807) is 0 Å². The van der Waals surface area contributed by atoms with Crippen LogP contribution < -0.4 is 5.32 Å². The van der Waals surface area contributed by atoms with Gasteiger partial charge < -0.3 is 5.32 Å². The molecule has 0 spiro atoms. The van der Waals surface area contributed by atoms with E-state index in [0.717, 1.165) is 25.1 Å². The summed E-state index contributed by atoms with van der Waals surface area (Å²) in [5.74, 6) is 0. The molecule has 0 saturated heterocycles. The molecule has 0 saturated carbocycles. The SMILES string of the molecule is CCCNC(Cc1ccc(C)cn1)c1cccnc1. The average molecular weight is 255 g/mol. The number of hydrogen-bond donors (Lipinski definition) is 1. The van der Waals surface area contributed by atoms with Crippen molar-refractivity contribution in [2.45, 2.75) is 32.7 Å². The van der Waals surface area contributed by atoms with Crippen LogP contribution in [0.25, 0.3) is 0 Å². The van der Waals surface area contributed by atoms with Crippen molar-refractivity contribution in [1.29, 1.82) is 0 Å². The number of pyridine rings is 2. The Morgan fingerprint density at radius 2 is 2.11 bits per heavy atom. The van der Waals surface area contributed by atoms with Crippen LogP contribution >= 0.6 is 0 Å². The summed E-state index contributed by atoms with van der Waals surface area (Å²) < 4.78 is 0. The molecule has 0 fully saturated rings. The highest BCUT2D eigenvalue weighted by Gasteiger charge is 2.12. The molecule has 0 aliphatic carbocycles. The van der Waals surface area contributed by atoms with E-state index in [2.05, 4.69) is 47.3 Å². The Bertz CT molecular complexity index is 479. The van der Waals surface area contributed by atoms with Crippen LogP contribution in [0.5, 0.6) is 0 Å². The normalized spacial score (nSPS) is 12.3. The van der Waals surface area contributed by atoms with Gasteiger partial charge in [0.15, 0.2) is 0 Å². The molecule has 1 atom stereocenters. The van der Waals surface area contributed by atoms with Gasteiger partial charge in [-0.15, -0.1) is 0 Å². The third-order valence-electron chi connectivity index (χ3n) is 3.11. The van der Waals surface area contributed by atoms with Crippen LogP contribution in [0.1, 0.15) is 36.2 Å². The van der Waals surface area contributed by atoms with Crippen LogP contribution in [0.4, 0.5) is 0 Å². The molecule has 1 unspecified atom stereocenters. The zero-order valence-corrected chi connectivity index (χ0v) is 11.6. The summed E-state index contributed by atoms with van der Waals surface area (Å²) in [6, 6.07) is 8.60. The number of hydrogen-bond acceptors (Lipinski definition) is 3. The third kappa shape index (κ3) is 4.14. The highest BCUT2D eigenvalue weighted by molar-refractivity contribution is 5.19.